The topological polar surface area (TPSA) is 85.4 Å². The van der Waals surface area contributed by atoms with Gasteiger partial charge in [0.15, 0.2) is 11.5 Å². The van der Waals surface area contributed by atoms with Crippen molar-refractivity contribution < 1.29 is 27.4 Å². The maximum atomic E-state index is 13.5. The first-order valence-electron chi connectivity index (χ1n) is 9.57. The van der Waals surface area contributed by atoms with Crippen LogP contribution >= 0.6 is 0 Å². The van der Waals surface area contributed by atoms with E-state index in [0.717, 1.165) is 17.1 Å². The van der Waals surface area contributed by atoms with Gasteiger partial charge in [0.1, 0.15) is 12.3 Å². The first-order valence-corrected chi connectivity index (χ1v) is 11.0. The van der Waals surface area contributed by atoms with Crippen molar-refractivity contribution in [2.24, 2.45) is 0 Å². The Bertz CT molecular complexity index is 985. The quantitative estimate of drug-likeness (QED) is 0.635. The number of hydrogen-bond donors (Lipinski definition) is 0. The van der Waals surface area contributed by atoms with E-state index in [-0.39, 0.29) is 17.3 Å². The van der Waals surface area contributed by atoms with Crippen LogP contribution in [0.1, 0.15) is 12.8 Å². The summed E-state index contributed by atoms with van der Waals surface area (Å²) in [6.45, 7) is 1.00. The van der Waals surface area contributed by atoms with Gasteiger partial charge in [-0.05, 0) is 49.2 Å². The van der Waals surface area contributed by atoms with Crippen LogP contribution < -0.4 is 18.5 Å². The first kappa shape index (κ1) is 21.8. The van der Waals surface area contributed by atoms with Crippen LogP contribution in [-0.4, -0.2) is 60.2 Å². The van der Waals surface area contributed by atoms with Gasteiger partial charge in [0, 0.05) is 19.2 Å². The van der Waals surface area contributed by atoms with Gasteiger partial charge in [0.25, 0.3) is 10.0 Å². The number of carbonyl (C=O) groups excluding carboxylic acids is 1. The average Bonchev–Trinajstić information content (AvgIpc) is 3.32. The summed E-state index contributed by atoms with van der Waals surface area (Å²) >= 11 is 0. The minimum atomic E-state index is -4.05. The molecule has 0 radical (unpaired) electrons. The number of anilines is 1. The van der Waals surface area contributed by atoms with E-state index < -0.39 is 10.0 Å². The molecule has 1 aliphatic rings. The number of ether oxygens (including phenoxy) is 3. The van der Waals surface area contributed by atoms with Crippen molar-refractivity contribution in [1.29, 1.82) is 0 Å². The maximum Gasteiger partial charge on any atom is 0.264 e. The van der Waals surface area contributed by atoms with Crippen molar-refractivity contribution in [1.82, 2.24) is 4.90 Å². The predicted molar refractivity (Wildman–Crippen MR) is 113 cm³/mol. The van der Waals surface area contributed by atoms with Gasteiger partial charge < -0.3 is 19.1 Å². The Hall–Kier alpha value is -2.94. The van der Waals surface area contributed by atoms with E-state index in [0.29, 0.717) is 36.0 Å². The molecule has 0 bridgehead atoms. The predicted octanol–water partition coefficient (Wildman–Crippen LogP) is 2.53. The third-order valence-corrected chi connectivity index (χ3v) is 6.81. The average molecular weight is 435 g/mol. The number of rotatable bonds is 8. The molecule has 3 rings (SSSR count). The normalized spacial score (nSPS) is 13.8. The lowest BCUT2D eigenvalue weighted by molar-refractivity contribution is -0.128. The van der Waals surface area contributed by atoms with E-state index in [1.54, 1.807) is 29.2 Å². The van der Waals surface area contributed by atoms with E-state index in [1.807, 2.05) is 0 Å². The summed E-state index contributed by atoms with van der Waals surface area (Å²) in [6.07, 6.45) is 1.85. The lowest BCUT2D eigenvalue weighted by atomic mass is 10.3. The summed E-state index contributed by atoms with van der Waals surface area (Å²) < 4.78 is 43.8. The fourth-order valence-electron chi connectivity index (χ4n) is 3.36. The second-order valence-corrected chi connectivity index (χ2v) is 8.68. The molecule has 2 aromatic carbocycles. The molecule has 0 aliphatic carbocycles. The monoisotopic (exact) mass is 434 g/mol. The summed E-state index contributed by atoms with van der Waals surface area (Å²) in [5.74, 6) is 1.07. The van der Waals surface area contributed by atoms with Gasteiger partial charge in [-0.2, -0.15) is 0 Å². The molecular weight excluding hydrogens is 408 g/mol. The molecule has 9 heteroatoms. The highest BCUT2D eigenvalue weighted by Crippen LogP contribution is 2.32. The molecular formula is C21H26N2O6S. The van der Waals surface area contributed by atoms with Gasteiger partial charge >= 0.3 is 0 Å². The number of carbonyl (C=O) groups is 1. The Labute approximate surface area is 177 Å². The summed E-state index contributed by atoms with van der Waals surface area (Å²) in [4.78, 5) is 14.5. The summed E-state index contributed by atoms with van der Waals surface area (Å²) in [5.41, 5.74) is 0.373. The van der Waals surface area contributed by atoms with Crippen LogP contribution in [0.5, 0.6) is 17.2 Å². The summed E-state index contributed by atoms with van der Waals surface area (Å²) in [7, 11) is 0.399. The number of amides is 1. The van der Waals surface area contributed by atoms with Gasteiger partial charge in [0.2, 0.25) is 5.91 Å². The second kappa shape index (κ2) is 9.25. The fourth-order valence-corrected chi connectivity index (χ4v) is 4.79. The molecule has 0 aromatic heterocycles. The molecule has 1 fully saturated rings. The van der Waals surface area contributed by atoms with Gasteiger partial charge in [-0.25, -0.2) is 8.42 Å². The lowest BCUT2D eigenvalue weighted by Gasteiger charge is -2.26. The summed E-state index contributed by atoms with van der Waals surface area (Å²) in [5, 5.41) is 0. The van der Waals surface area contributed by atoms with Gasteiger partial charge in [-0.15, -0.1) is 0 Å². The summed E-state index contributed by atoms with van der Waals surface area (Å²) in [6, 6.07) is 10.9. The zero-order valence-corrected chi connectivity index (χ0v) is 18.1. The van der Waals surface area contributed by atoms with Crippen LogP contribution in [0, 0.1) is 0 Å². The molecule has 0 spiro atoms. The largest absolute Gasteiger partial charge is 0.497 e. The number of likely N-dealkylation sites (tertiary alicyclic amines) is 1. The molecule has 1 heterocycles. The Balaban J connectivity index is 2.01. The van der Waals surface area contributed by atoms with Crippen molar-refractivity contribution in [3.05, 3.63) is 42.5 Å². The molecule has 1 amide bonds. The molecule has 0 atom stereocenters. The number of sulfonamides is 1. The van der Waals surface area contributed by atoms with E-state index in [4.69, 9.17) is 14.2 Å². The van der Waals surface area contributed by atoms with E-state index in [2.05, 4.69) is 0 Å². The molecule has 2 aromatic rings. The molecule has 0 N–H and O–H groups in total. The zero-order valence-electron chi connectivity index (χ0n) is 17.3. The molecule has 162 valence electrons. The SMILES string of the molecule is COc1ccc(N(CC(=O)N2CCCC2)S(=O)(=O)c2ccc(OC)c(OC)c2)cc1. The number of nitrogens with zero attached hydrogens (tertiary/aromatic N) is 2. The maximum absolute atomic E-state index is 13.5. The van der Waals surface area contributed by atoms with Crippen LogP contribution in [0.4, 0.5) is 5.69 Å². The highest BCUT2D eigenvalue weighted by atomic mass is 32.2. The molecule has 1 saturated heterocycles. The standard InChI is InChI=1S/C21H26N2O6S/c1-27-17-8-6-16(7-9-17)23(15-21(24)22-12-4-5-13-22)30(25,26)18-10-11-19(28-2)20(14-18)29-3/h6-11,14H,4-5,12-13,15H2,1-3H3. The minimum absolute atomic E-state index is 0.00481. The highest BCUT2D eigenvalue weighted by molar-refractivity contribution is 7.92. The first-order chi connectivity index (χ1) is 14.4. The van der Waals surface area contributed by atoms with E-state index >= 15 is 0 Å². The fraction of sp³-hybridized carbons (Fsp3) is 0.381. The molecule has 0 unspecified atom stereocenters. The Morgan fingerprint density at radius 1 is 0.933 bits per heavy atom. The van der Waals surface area contributed by atoms with Gasteiger partial charge in [-0.1, -0.05) is 0 Å². The van der Waals surface area contributed by atoms with Crippen LogP contribution in [0.15, 0.2) is 47.4 Å². The lowest BCUT2D eigenvalue weighted by Crippen LogP contribution is -2.42. The number of benzene rings is 2. The molecule has 30 heavy (non-hydrogen) atoms. The smallest absolute Gasteiger partial charge is 0.264 e. The van der Waals surface area contributed by atoms with Gasteiger partial charge in [0.05, 0.1) is 31.9 Å². The van der Waals surface area contributed by atoms with Crippen LogP contribution in [-0.2, 0) is 14.8 Å². The van der Waals surface area contributed by atoms with E-state index in [9.17, 15) is 13.2 Å². The van der Waals surface area contributed by atoms with Crippen molar-refractivity contribution in [2.75, 3.05) is 45.3 Å². The van der Waals surface area contributed by atoms with Crippen LogP contribution in [0.2, 0.25) is 0 Å². The van der Waals surface area contributed by atoms with Gasteiger partial charge in [-0.3, -0.25) is 9.10 Å². The van der Waals surface area contributed by atoms with Crippen molar-refractivity contribution >= 4 is 21.6 Å². The van der Waals surface area contributed by atoms with Crippen molar-refractivity contribution in [2.45, 2.75) is 17.7 Å². The van der Waals surface area contributed by atoms with Crippen molar-refractivity contribution in [3.63, 3.8) is 0 Å². The number of methoxy groups -OCH3 is 3. The third-order valence-electron chi connectivity index (χ3n) is 5.04. The molecule has 0 saturated carbocycles. The molecule has 1 aliphatic heterocycles. The van der Waals surface area contributed by atoms with Crippen LogP contribution in [0.25, 0.3) is 0 Å². The number of hydrogen-bond acceptors (Lipinski definition) is 6. The van der Waals surface area contributed by atoms with Crippen molar-refractivity contribution in [3.8, 4) is 17.2 Å². The molecule has 8 nitrogen and oxygen atoms in total. The third kappa shape index (κ3) is 4.46. The Morgan fingerprint density at radius 2 is 1.57 bits per heavy atom. The van der Waals surface area contributed by atoms with Crippen LogP contribution in [0.3, 0.4) is 0 Å². The minimum Gasteiger partial charge on any atom is -0.497 e. The highest BCUT2D eigenvalue weighted by Gasteiger charge is 2.30. The zero-order chi connectivity index (χ0) is 21.7. The second-order valence-electron chi connectivity index (χ2n) is 6.81. The Morgan fingerprint density at radius 3 is 2.13 bits per heavy atom. The Kier molecular flexibility index (Phi) is 6.71. The van der Waals surface area contributed by atoms with E-state index in [1.165, 1.54) is 39.5 Å².